The van der Waals surface area contributed by atoms with E-state index in [-0.39, 0.29) is 17.1 Å². The van der Waals surface area contributed by atoms with Crippen molar-refractivity contribution in [3.63, 3.8) is 0 Å². The molecule has 0 radical (unpaired) electrons. The van der Waals surface area contributed by atoms with Gasteiger partial charge in [-0.05, 0) is 18.2 Å². The first-order valence-corrected chi connectivity index (χ1v) is 8.47. The Morgan fingerprint density at radius 2 is 2.21 bits per heavy atom. The Hall–Kier alpha value is -0.960. The van der Waals surface area contributed by atoms with Crippen LogP contribution >= 0.6 is 27.3 Å². The van der Waals surface area contributed by atoms with Gasteiger partial charge in [0.1, 0.15) is 4.90 Å². The second-order valence-electron chi connectivity index (χ2n) is 3.92. The van der Waals surface area contributed by atoms with Crippen molar-refractivity contribution in [2.45, 2.75) is 11.4 Å². The predicted molar refractivity (Wildman–Crippen MR) is 79.3 cm³/mol. The number of halogens is 1. The number of hydrogen-bond donors (Lipinski definition) is 1. The highest BCUT2D eigenvalue weighted by molar-refractivity contribution is 9.10. The van der Waals surface area contributed by atoms with Gasteiger partial charge in [-0.25, -0.2) is 13.4 Å². The molecule has 0 unspecified atom stereocenters. The Balaban J connectivity index is 2.31. The predicted octanol–water partition coefficient (Wildman–Crippen LogP) is 2.31. The van der Waals surface area contributed by atoms with Gasteiger partial charge in [0.2, 0.25) is 10.0 Å². The van der Waals surface area contributed by atoms with Crippen molar-refractivity contribution in [2.75, 3.05) is 12.8 Å². The normalized spacial score (nSPS) is 11.9. The van der Waals surface area contributed by atoms with Crippen LogP contribution in [0.4, 0.5) is 5.69 Å². The average molecular weight is 362 g/mol. The topological polar surface area (TPSA) is 76.3 Å². The first kappa shape index (κ1) is 14.4. The third kappa shape index (κ3) is 3.14. The van der Waals surface area contributed by atoms with Crippen molar-refractivity contribution in [3.05, 3.63) is 39.3 Å². The van der Waals surface area contributed by atoms with Crippen LogP contribution < -0.4 is 5.73 Å². The van der Waals surface area contributed by atoms with Gasteiger partial charge in [-0.15, -0.1) is 11.3 Å². The molecule has 2 aromatic rings. The van der Waals surface area contributed by atoms with E-state index in [0.717, 1.165) is 4.47 Å². The van der Waals surface area contributed by atoms with Crippen LogP contribution in [0.1, 0.15) is 5.69 Å². The van der Waals surface area contributed by atoms with E-state index in [1.165, 1.54) is 28.8 Å². The summed E-state index contributed by atoms with van der Waals surface area (Å²) < 4.78 is 26.8. The lowest BCUT2D eigenvalue weighted by Crippen LogP contribution is -2.27. The molecule has 8 heteroatoms. The Labute approximate surface area is 124 Å². The molecule has 0 saturated carbocycles. The second-order valence-corrected chi connectivity index (χ2v) is 7.57. The van der Waals surface area contributed by atoms with E-state index >= 15 is 0 Å². The molecule has 102 valence electrons. The van der Waals surface area contributed by atoms with Crippen LogP contribution in [0.3, 0.4) is 0 Å². The van der Waals surface area contributed by atoms with Gasteiger partial charge < -0.3 is 5.73 Å². The van der Waals surface area contributed by atoms with Crippen molar-refractivity contribution < 1.29 is 8.42 Å². The van der Waals surface area contributed by atoms with Gasteiger partial charge in [-0.2, -0.15) is 4.31 Å². The largest absolute Gasteiger partial charge is 0.398 e. The fourth-order valence-electron chi connectivity index (χ4n) is 1.55. The maximum absolute atomic E-state index is 12.4. The molecule has 0 fully saturated rings. The van der Waals surface area contributed by atoms with Gasteiger partial charge in [-0.3, -0.25) is 0 Å². The minimum Gasteiger partial charge on any atom is -0.398 e. The van der Waals surface area contributed by atoms with Crippen molar-refractivity contribution in [1.82, 2.24) is 9.29 Å². The molecule has 0 atom stereocenters. The average Bonchev–Trinajstić information content (AvgIpc) is 2.81. The molecular weight excluding hydrogens is 350 g/mol. The molecule has 0 aliphatic rings. The number of sulfonamides is 1. The number of thiazole rings is 1. The van der Waals surface area contributed by atoms with Gasteiger partial charge in [0.15, 0.2) is 0 Å². The van der Waals surface area contributed by atoms with Crippen molar-refractivity contribution in [3.8, 4) is 0 Å². The molecule has 0 bridgehead atoms. The third-order valence-corrected chi connectivity index (χ3v) is 5.53. The maximum Gasteiger partial charge on any atom is 0.245 e. The van der Waals surface area contributed by atoms with Crippen LogP contribution in [0.15, 0.2) is 38.5 Å². The van der Waals surface area contributed by atoms with Crippen LogP contribution in [-0.4, -0.2) is 24.8 Å². The molecule has 0 saturated heterocycles. The first-order valence-electron chi connectivity index (χ1n) is 5.29. The Morgan fingerprint density at radius 1 is 1.47 bits per heavy atom. The SMILES string of the molecule is CN(Cc1cscn1)S(=O)(=O)c1ccc(Br)cc1N. The zero-order chi connectivity index (χ0) is 14.0. The summed E-state index contributed by atoms with van der Waals surface area (Å²) in [6.07, 6.45) is 0. The fourth-order valence-corrected chi connectivity index (χ4v) is 3.71. The van der Waals surface area contributed by atoms with Crippen LogP contribution in [0.2, 0.25) is 0 Å². The number of anilines is 1. The van der Waals surface area contributed by atoms with Crippen LogP contribution in [-0.2, 0) is 16.6 Å². The third-order valence-electron chi connectivity index (χ3n) is 2.53. The highest BCUT2D eigenvalue weighted by Gasteiger charge is 2.23. The summed E-state index contributed by atoms with van der Waals surface area (Å²) in [4.78, 5) is 4.18. The number of hydrogen-bond acceptors (Lipinski definition) is 5. The van der Waals surface area contributed by atoms with E-state index in [9.17, 15) is 8.42 Å². The number of rotatable bonds is 4. The van der Waals surface area contributed by atoms with E-state index < -0.39 is 10.0 Å². The van der Waals surface area contributed by atoms with Crippen LogP contribution in [0, 0.1) is 0 Å². The summed E-state index contributed by atoms with van der Waals surface area (Å²) >= 11 is 4.68. The summed E-state index contributed by atoms with van der Waals surface area (Å²) in [5.74, 6) is 0. The molecule has 19 heavy (non-hydrogen) atoms. The van der Waals surface area contributed by atoms with Gasteiger partial charge >= 0.3 is 0 Å². The summed E-state index contributed by atoms with van der Waals surface area (Å²) in [5.41, 5.74) is 8.38. The number of benzene rings is 1. The molecule has 0 spiro atoms. The minimum absolute atomic E-state index is 0.105. The molecule has 1 heterocycles. The van der Waals surface area contributed by atoms with E-state index in [1.807, 2.05) is 5.38 Å². The lowest BCUT2D eigenvalue weighted by atomic mass is 10.3. The van der Waals surface area contributed by atoms with Gasteiger partial charge in [-0.1, -0.05) is 15.9 Å². The highest BCUT2D eigenvalue weighted by Crippen LogP contribution is 2.25. The number of aromatic nitrogens is 1. The lowest BCUT2D eigenvalue weighted by molar-refractivity contribution is 0.463. The van der Waals surface area contributed by atoms with E-state index in [0.29, 0.717) is 5.69 Å². The molecule has 2 rings (SSSR count). The van der Waals surface area contributed by atoms with E-state index in [2.05, 4.69) is 20.9 Å². The quantitative estimate of drug-likeness (QED) is 0.847. The Morgan fingerprint density at radius 3 is 2.79 bits per heavy atom. The molecule has 0 aliphatic heterocycles. The smallest absolute Gasteiger partial charge is 0.245 e. The Bertz CT molecular complexity index is 671. The standard InChI is InChI=1S/C11H12BrN3O2S2/c1-15(5-9-6-18-7-14-9)19(16,17)11-3-2-8(12)4-10(11)13/h2-4,6-7H,5,13H2,1H3. The van der Waals surface area contributed by atoms with Crippen molar-refractivity contribution in [1.29, 1.82) is 0 Å². The molecule has 5 nitrogen and oxygen atoms in total. The molecule has 1 aromatic heterocycles. The fraction of sp³-hybridized carbons (Fsp3) is 0.182. The molecule has 0 aliphatic carbocycles. The van der Waals surface area contributed by atoms with E-state index in [4.69, 9.17) is 5.73 Å². The van der Waals surface area contributed by atoms with Crippen LogP contribution in [0.25, 0.3) is 0 Å². The molecule has 0 amide bonds. The van der Waals surface area contributed by atoms with E-state index in [1.54, 1.807) is 17.6 Å². The number of nitrogens with two attached hydrogens (primary N) is 1. The number of nitrogen functional groups attached to an aromatic ring is 1. The summed E-state index contributed by atoms with van der Waals surface area (Å²) in [7, 11) is -2.10. The second kappa shape index (κ2) is 5.58. The lowest BCUT2D eigenvalue weighted by Gasteiger charge is -2.17. The minimum atomic E-state index is -3.61. The maximum atomic E-state index is 12.4. The monoisotopic (exact) mass is 361 g/mol. The highest BCUT2D eigenvalue weighted by atomic mass is 79.9. The zero-order valence-electron chi connectivity index (χ0n) is 10.1. The molecular formula is C11H12BrN3O2S2. The summed E-state index contributed by atoms with van der Waals surface area (Å²) in [6.45, 7) is 0.224. The summed E-state index contributed by atoms with van der Waals surface area (Å²) in [6, 6.07) is 4.72. The molecule has 1 aromatic carbocycles. The summed E-state index contributed by atoms with van der Waals surface area (Å²) in [5, 5.41) is 1.82. The first-order chi connectivity index (χ1) is 8.91. The van der Waals surface area contributed by atoms with Gasteiger partial charge in [0.05, 0.1) is 23.4 Å². The van der Waals surface area contributed by atoms with Crippen molar-refractivity contribution in [2.24, 2.45) is 0 Å². The number of nitrogens with zero attached hydrogens (tertiary/aromatic N) is 2. The van der Waals surface area contributed by atoms with Crippen LogP contribution in [0.5, 0.6) is 0 Å². The van der Waals surface area contributed by atoms with Gasteiger partial charge in [0, 0.05) is 16.9 Å². The van der Waals surface area contributed by atoms with Gasteiger partial charge in [0.25, 0.3) is 0 Å². The zero-order valence-corrected chi connectivity index (χ0v) is 13.3. The molecule has 2 N–H and O–H groups in total. The van der Waals surface area contributed by atoms with Crippen molar-refractivity contribution >= 4 is 43.0 Å². The Kier molecular flexibility index (Phi) is 4.24.